The Hall–Kier alpha value is -0.240. The third kappa shape index (κ3) is 3.87. The molecular weight excluding hydrogens is 282 g/mol. The van der Waals surface area contributed by atoms with Crippen LogP contribution in [-0.2, 0) is 10.0 Å². The first kappa shape index (κ1) is 16.8. The minimum Gasteiger partial charge on any atom is -0.392 e. The summed E-state index contributed by atoms with van der Waals surface area (Å²) in [7, 11) is -3.39. The lowest BCUT2D eigenvalue weighted by atomic mass is 10.2. The van der Waals surface area contributed by atoms with E-state index in [1.54, 1.807) is 11.2 Å². The molecule has 0 aromatic rings. The quantitative estimate of drug-likeness (QED) is 0.735. The van der Waals surface area contributed by atoms with Crippen LogP contribution in [0.4, 0.5) is 0 Å². The van der Waals surface area contributed by atoms with Crippen molar-refractivity contribution in [3.05, 3.63) is 0 Å². The molecule has 0 aromatic carbocycles. The molecule has 0 radical (unpaired) electrons. The van der Waals surface area contributed by atoms with Crippen molar-refractivity contribution in [2.45, 2.75) is 44.9 Å². The van der Waals surface area contributed by atoms with Gasteiger partial charge in [-0.25, -0.2) is 8.42 Å². The van der Waals surface area contributed by atoms with E-state index in [0.29, 0.717) is 25.6 Å². The number of hydrogen-bond acceptors (Lipinski definition) is 4. The van der Waals surface area contributed by atoms with E-state index in [-0.39, 0.29) is 4.99 Å². The van der Waals surface area contributed by atoms with Gasteiger partial charge in [0.2, 0.25) is 10.0 Å². The van der Waals surface area contributed by atoms with Crippen molar-refractivity contribution in [1.82, 2.24) is 9.21 Å². The summed E-state index contributed by atoms with van der Waals surface area (Å²) in [4.78, 5) is 2.40. The first-order valence-corrected chi connectivity index (χ1v) is 8.78. The topological polar surface area (TPSA) is 66.6 Å². The maximum absolute atomic E-state index is 12.4. The summed E-state index contributed by atoms with van der Waals surface area (Å²) in [5.41, 5.74) is 5.55. The third-order valence-electron chi connectivity index (χ3n) is 3.89. The molecule has 1 heterocycles. The Morgan fingerprint density at radius 3 is 2.11 bits per heavy atom. The van der Waals surface area contributed by atoms with Gasteiger partial charge in [0, 0.05) is 32.2 Å². The lowest BCUT2D eigenvalue weighted by Gasteiger charge is -2.38. The molecule has 2 atom stereocenters. The molecule has 1 aliphatic rings. The Morgan fingerprint density at radius 2 is 1.74 bits per heavy atom. The highest BCUT2D eigenvalue weighted by Crippen LogP contribution is 2.17. The second-order valence-electron chi connectivity index (χ2n) is 5.04. The molecule has 1 fully saturated rings. The molecule has 1 saturated heterocycles. The normalized spacial score (nSPS) is 22.1. The second-order valence-corrected chi connectivity index (χ2v) is 7.62. The van der Waals surface area contributed by atoms with E-state index in [0.717, 1.165) is 19.5 Å². The van der Waals surface area contributed by atoms with Crippen molar-refractivity contribution in [1.29, 1.82) is 0 Å². The predicted octanol–water partition coefficient (Wildman–Crippen LogP) is 0.797. The number of hydrogen-bond donors (Lipinski definition) is 1. The lowest BCUT2D eigenvalue weighted by Crippen LogP contribution is -2.54. The van der Waals surface area contributed by atoms with Crippen molar-refractivity contribution >= 4 is 27.2 Å². The van der Waals surface area contributed by atoms with Crippen LogP contribution in [0.2, 0.25) is 0 Å². The minimum absolute atomic E-state index is 0.0758. The Labute approximate surface area is 122 Å². The van der Waals surface area contributed by atoms with Gasteiger partial charge in [-0.15, -0.1) is 0 Å². The lowest BCUT2D eigenvalue weighted by molar-refractivity contribution is 0.142. The van der Waals surface area contributed by atoms with E-state index < -0.39 is 15.3 Å². The maximum Gasteiger partial charge on any atom is 0.223 e. The van der Waals surface area contributed by atoms with Crippen LogP contribution in [0, 0.1) is 0 Å². The molecule has 0 spiro atoms. The molecule has 19 heavy (non-hydrogen) atoms. The molecule has 0 bridgehead atoms. The first-order valence-electron chi connectivity index (χ1n) is 6.86. The average Bonchev–Trinajstić information content (AvgIpc) is 2.38. The number of rotatable bonds is 6. The van der Waals surface area contributed by atoms with Crippen molar-refractivity contribution in [2.24, 2.45) is 5.73 Å². The predicted molar refractivity (Wildman–Crippen MR) is 82.7 cm³/mol. The summed E-state index contributed by atoms with van der Waals surface area (Å²) in [6.45, 7) is 8.75. The summed E-state index contributed by atoms with van der Waals surface area (Å²) in [5, 5.41) is -0.724. The van der Waals surface area contributed by atoms with Crippen LogP contribution in [0.15, 0.2) is 0 Å². The van der Waals surface area contributed by atoms with Crippen LogP contribution in [0.5, 0.6) is 0 Å². The van der Waals surface area contributed by atoms with E-state index in [1.165, 1.54) is 0 Å². The highest BCUT2D eigenvalue weighted by Gasteiger charge is 2.35. The number of sulfonamides is 1. The zero-order valence-corrected chi connectivity index (χ0v) is 13.6. The van der Waals surface area contributed by atoms with Crippen molar-refractivity contribution in [3.8, 4) is 0 Å². The molecule has 2 unspecified atom stereocenters. The van der Waals surface area contributed by atoms with Gasteiger partial charge in [0.05, 0.1) is 4.99 Å². The summed E-state index contributed by atoms with van der Waals surface area (Å²) in [6.07, 6.45) is 1.51. The molecule has 0 amide bonds. The molecule has 1 rings (SSSR count). The zero-order chi connectivity index (χ0) is 14.6. The summed E-state index contributed by atoms with van der Waals surface area (Å²) >= 11 is 4.88. The molecule has 0 saturated carbocycles. The fourth-order valence-electron chi connectivity index (χ4n) is 2.40. The standard InChI is InChI=1S/C12H25N3O2S2/c1-4-10(3)14-6-8-15(9-7-14)19(16,17)11(5-2)12(13)18/h10-11H,4-9H2,1-3H3,(H2,13,18). The van der Waals surface area contributed by atoms with Crippen molar-refractivity contribution < 1.29 is 8.42 Å². The van der Waals surface area contributed by atoms with Gasteiger partial charge in [0.1, 0.15) is 5.25 Å². The monoisotopic (exact) mass is 307 g/mol. The summed E-state index contributed by atoms with van der Waals surface area (Å²) < 4.78 is 26.4. The molecule has 2 N–H and O–H groups in total. The van der Waals surface area contributed by atoms with Gasteiger partial charge in [-0.2, -0.15) is 4.31 Å². The second kappa shape index (κ2) is 6.97. The van der Waals surface area contributed by atoms with E-state index in [4.69, 9.17) is 18.0 Å². The molecule has 112 valence electrons. The zero-order valence-electron chi connectivity index (χ0n) is 12.0. The molecule has 0 aromatic heterocycles. The molecular formula is C12H25N3O2S2. The van der Waals surface area contributed by atoms with Gasteiger partial charge in [-0.3, -0.25) is 4.90 Å². The molecule has 1 aliphatic heterocycles. The summed E-state index contributed by atoms with van der Waals surface area (Å²) in [6, 6.07) is 0.502. The molecule has 0 aliphatic carbocycles. The first-order chi connectivity index (χ1) is 8.84. The van der Waals surface area contributed by atoms with Gasteiger partial charge in [0.15, 0.2) is 0 Å². The average molecular weight is 307 g/mol. The Morgan fingerprint density at radius 1 is 1.21 bits per heavy atom. The van der Waals surface area contributed by atoms with Crippen molar-refractivity contribution in [3.63, 3.8) is 0 Å². The van der Waals surface area contributed by atoms with Crippen LogP contribution in [0.3, 0.4) is 0 Å². The molecule has 5 nitrogen and oxygen atoms in total. The largest absolute Gasteiger partial charge is 0.392 e. The maximum atomic E-state index is 12.4. The Balaban J connectivity index is 2.71. The van der Waals surface area contributed by atoms with Gasteiger partial charge >= 0.3 is 0 Å². The highest BCUT2D eigenvalue weighted by atomic mass is 32.2. The van der Waals surface area contributed by atoms with Crippen LogP contribution >= 0.6 is 12.2 Å². The van der Waals surface area contributed by atoms with Gasteiger partial charge in [0.25, 0.3) is 0 Å². The van der Waals surface area contributed by atoms with Crippen LogP contribution in [0.1, 0.15) is 33.6 Å². The van der Waals surface area contributed by atoms with Crippen molar-refractivity contribution in [2.75, 3.05) is 26.2 Å². The Bertz CT molecular complexity index is 403. The van der Waals surface area contributed by atoms with Gasteiger partial charge in [-0.05, 0) is 19.8 Å². The number of nitrogens with zero attached hydrogens (tertiary/aromatic N) is 2. The molecule has 7 heteroatoms. The van der Waals surface area contributed by atoms with Crippen LogP contribution in [0.25, 0.3) is 0 Å². The SMILES string of the molecule is CCC(C)N1CCN(S(=O)(=O)C(CC)C(N)=S)CC1. The smallest absolute Gasteiger partial charge is 0.223 e. The van der Waals surface area contributed by atoms with Crippen LogP contribution < -0.4 is 5.73 Å². The van der Waals surface area contributed by atoms with E-state index in [1.807, 2.05) is 0 Å². The number of nitrogens with two attached hydrogens (primary N) is 1. The van der Waals surface area contributed by atoms with Crippen LogP contribution in [-0.4, -0.2) is 60.1 Å². The fraction of sp³-hybridized carbons (Fsp3) is 0.917. The number of thiocarbonyl (C=S) groups is 1. The minimum atomic E-state index is -3.39. The van der Waals surface area contributed by atoms with E-state index in [9.17, 15) is 8.42 Å². The van der Waals surface area contributed by atoms with Gasteiger partial charge in [-0.1, -0.05) is 26.1 Å². The number of piperazine rings is 1. The highest BCUT2D eigenvalue weighted by molar-refractivity contribution is 7.92. The summed E-state index contributed by atoms with van der Waals surface area (Å²) in [5.74, 6) is 0. The fourth-order valence-corrected chi connectivity index (χ4v) is 4.67. The van der Waals surface area contributed by atoms with E-state index >= 15 is 0 Å². The third-order valence-corrected chi connectivity index (χ3v) is 6.72. The van der Waals surface area contributed by atoms with Gasteiger partial charge < -0.3 is 5.73 Å². The Kier molecular flexibility index (Phi) is 6.16. The van der Waals surface area contributed by atoms with E-state index in [2.05, 4.69) is 18.7 Å².